The van der Waals surface area contributed by atoms with Crippen molar-refractivity contribution in [2.75, 3.05) is 25.9 Å². The fourth-order valence-electron chi connectivity index (χ4n) is 1.31. The third-order valence-electron chi connectivity index (χ3n) is 2.13. The molecule has 1 heterocycles. The van der Waals surface area contributed by atoms with Crippen molar-refractivity contribution in [1.82, 2.24) is 10.6 Å². The lowest BCUT2D eigenvalue weighted by Gasteiger charge is -2.08. The minimum atomic E-state index is -3.25. The molecule has 0 bridgehead atoms. The topological polar surface area (TPSA) is 75.3 Å². The molecule has 13 heavy (non-hydrogen) atoms. The predicted octanol–water partition coefficient (Wildman–Crippen LogP) is -1.49. The van der Waals surface area contributed by atoms with Gasteiger partial charge < -0.3 is 10.6 Å². The second kappa shape index (κ2) is 4.06. The van der Waals surface area contributed by atoms with Crippen LogP contribution < -0.4 is 10.6 Å². The Morgan fingerprint density at radius 1 is 1.62 bits per heavy atom. The third kappa shape index (κ3) is 2.67. The van der Waals surface area contributed by atoms with Crippen LogP contribution in [0, 0.1) is 0 Å². The zero-order valence-electron chi connectivity index (χ0n) is 7.54. The molecule has 1 rings (SSSR count). The highest BCUT2D eigenvalue weighted by Gasteiger charge is 2.30. The number of carbonyl (C=O) groups is 1. The highest BCUT2D eigenvalue weighted by molar-refractivity contribution is 7.92. The maximum absolute atomic E-state index is 11.5. The second-order valence-corrected chi connectivity index (χ2v) is 5.38. The van der Waals surface area contributed by atoms with Gasteiger partial charge in [0.25, 0.3) is 0 Å². The zero-order valence-corrected chi connectivity index (χ0v) is 8.36. The molecule has 5 nitrogen and oxygen atoms in total. The van der Waals surface area contributed by atoms with E-state index in [0.717, 1.165) is 6.54 Å². The molecule has 1 fully saturated rings. The first kappa shape index (κ1) is 10.5. The summed E-state index contributed by atoms with van der Waals surface area (Å²) in [5.74, 6) is -0.831. The van der Waals surface area contributed by atoms with Gasteiger partial charge in [-0.3, -0.25) is 4.79 Å². The van der Waals surface area contributed by atoms with E-state index in [0.29, 0.717) is 13.0 Å². The largest absolute Gasteiger partial charge is 0.358 e. The Balaban J connectivity index is 2.60. The molecule has 1 aliphatic rings. The van der Waals surface area contributed by atoms with Crippen molar-refractivity contribution in [1.29, 1.82) is 0 Å². The van der Waals surface area contributed by atoms with Crippen LogP contribution in [0.15, 0.2) is 0 Å². The van der Waals surface area contributed by atoms with E-state index in [1.165, 1.54) is 7.05 Å². The van der Waals surface area contributed by atoms with Crippen LogP contribution in [0.4, 0.5) is 0 Å². The number of nitrogens with one attached hydrogen (secondary N) is 2. The summed E-state index contributed by atoms with van der Waals surface area (Å²) in [5.41, 5.74) is 0. The number of hydrogen-bond donors (Lipinski definition) is 2. The number of amides is 1. The molecule has 0 spiro atoms. The van der Waals surface area contributed by atoms with Gasteiger partial charge in [-0.15, -0.1) is 0 Å². The molecular weight excluding hydrogens is 192 g/mol. The van der Waals surface area contributed by atoms with Gasteiger partial charge in [0.15, 0.2) is 9.84 Å². The summed E-state index contributed by atoms with van der Waals surface area (Å²) in [5, 5.41) is 4.88. The van der Waals surface area contributed by atoms with E-state index in [-0.39, 0.29) is 5.25 Å². The Morgan fingerprint density at radius 2 is 2.31 bits per heavy atom. The molecule has 1 atom stereocenters. The summed E-state index contributed by atoms with van der Waals surface area (Å²) in [6.07, 6.45) is 0.610. The number of carbonyl (C=O) groups excluding carboxylic acids is 1. The lowest BCUT2D eigenvalue weighted by molar-refractivity contribution is -0.118. The highest BCUT2D eigenvalue weighted by Crippen LogP contribution is 2.10. The fourth-order valence-corrected chi connectivity index (χ4v) is 2.90. The zero-order chi connectivity index (χ0) is 9.90. The lowest BCUT2D eigenvalue weighted by atomic mass is 10.4. The Hall–Kier alpha value is -0.620. The normalized spacial score (nSPS) is 23.0. The molecule has 1 saturated heterocycles. The van der Waals surface area contributed by atoms with Crippen molar-refractivity contribution < 1.29 is 13.2 Å². The van der Waals surface area contributed by atoms with Gasteiger partial charge in [-0.1, -0.05) is 0 Å². The summed E-state index contributed by atoms with van der Waals surface area (Å²) >= 11 is 0. The average molecular weight is 206 g/mol. The van der Waals surface area contributed by atoms with Gasteiger partial charge in [0.1, 0.15) is 5.75 Å². The third-order valence-corrected chi connectivity index (χ3v) is 4.22. The van der Waals surface area contributed by atoms with Gasteiger partial charge >= 0.3 is 0 Å². The van der Waals surface area contributed by atoms with Gasteiger partial charge in [0.2, 0.25) is 5.91 Å². The smallest absolute Gasteiger partial charge is 0.234 e. The van der Waals surface area contributed by atoms with Crippen LogP contribution in [-0.2, 0) is 14.6 Å². The molecule has 2 N–H and O–H groups in total. The van der Waals surface area contributed by atoms with Crippen molar-refractivity contribution >= 4 is 15.7 Å². The van der Waals surface area contributed by atoms with Crippen LogP contribution in [0.25, 0.3) is 0 Å². The van der Waals surface area contributed by atoms with Crippen LogP contribution in [0.5, 0.6) is 0 Å². The van der Waals surface area contributed by atoms with E-state index in [4.69, 9.17) is 0 Å². The maximum atomic E-state index is 11.5. The van der Waals surface area contributed by atoms with Gasteiger partial charge in [0, 0.05) is 13.6 Å². The first-order chi connectivity index (χ1) is 6.06. The van der Waals surface area contributed by atoms with Gasteiger partial charge in [0.05, 0.1) is 5.25 Å². The van der Waals surface area contributed by atoms with Crippen LogP contribution in [0.2, 0.25) is 0 Å². The van der Waals surface area contributed by atoms with E-state index >= 15 is 0 Å². The van der Waals surface area contributed by atoms with Crippen molar-refractivity contribution in [2.24, 2.45) is 0 Å². The van der Waals surface area contributed by atoms with E-state index < -0.39 is 21.5 Å². The molecule has 0 aromatic carbocycles. The first-order valence-electron chi connectivity index (χ1n) is 4.19. The van der Waals surface area contributed by atoms with Gasteiger partial charge in [-0.25, -0.2) is 8.42 Å². The number of sulfone groups is 1. The van der Waals surface area contributed by atoms with Crippen LogP contribution >= 0.6 is 0 Å². The fraction of sp³-hybridized carbons (Fsp3) is 0.857. The first-order valence-corrected chi connectivity index (χ1v) is 5.90. The summed E-state index contributed by atoms with van der Waals surface area (Å²) in [4.78, 5) is 10.9. The molecule has 1 unspecified atom stereocenters. The number of hydrogen-bond acceptors (Lipinski definition) is 4. The average Bonchev–Trinajstić information content (AvgIpc) is 2.55. The molecular formula is C7H14N2O3S. The standard InChI is InChI=1S/C7H14N2O3S/c1-8-7(10)5-13(11,12)6-2-3-9-4-6/h6,9H,2-5H2,1H3,(H,8,10). The molecule has 0 aliphatic carbocycles. The van der Waals surface area contributed by atoms with Crippen LogP contribution in [0.1, 0.15) is 6.42 Å². The van der Waals surface area contributed by atoms with Crippen molar-refractivity contribution in [2.45, 2.75) is 11.7 Å². The van der Waals surface area contributed by atoms with Gasteiger partial charge in [-0.05, 0) is 13.0 Å². The Labute approximate surface area is 77.8 Å². The van der Waals surface area contributed by atoms with Crippen LogP contribution in [-0.4, -0.2) is 45.5 Å². The summed E-state index contributed by atoms with van der Waals surface area (Å²) in [6, 6.07) is 0. The minimum absolute atomic E-state index is 0.384. The summed E-state index contributed by atoms with van der Waals surface area (Å²) in [7, 11) is -1.81. The molecule has 0 aromatic heterocycles. The minimum Gasteiger partial charge on any atom is -0.358 e. The quantitative estimate of drug-likeness (QED) is 0.590. The molecule has 76 valence electrons. The van der Waals surface area contributed by atoms with E-state index in [1.807, 2.05) is 0 Å². The molecule has 1 aliphatic heterocycles. The van der Waals surface area contributed by atoms with Crippen molar-refractivity contribution in [3.05, 3.63) is 0 Å². The lowest BCUT2D eigenvalue weighted by Crippen LogP contribution is -2.34. The molecule has 0 radical (unpaired) electrons. The van der Waals surface area contributed by atoms with Gasteiger partial charge in [-0.2, -0.15) is 0 Å². The van der Waals surface area contributed by atoms with Crippen LogP contribution in [0.3, 0.4) is 0 Å². The van der Waals surface area contributed by atoms with Crippen molar-refractivity contribution in [3.8, 4) is 0 Å². The summed E-state index contributed by atoms with van der Waals surface area (Å²) in [6.45, 7) is 1.19. The molecule has 1 amide bonds. The SMILES string of the molecule is CNC(=O)CS(=O)(=O)C1CCNC1. The van der Waals surface area contributed by atoms with E-state index in [2.05, 4.69) is 10.6 Å². The second-order valence-electron chi connectivity index (χ2n) is 3.10. The van der Waals surface area contributed by atoms with E-state index in [9.17, 15) is 13.2 Å². The van der Waals surface area contributed by atoms with Crippen molar-refractivity contribution in [3.63, 3.8) is 0 Å². The Kier molecular flexibility index (Phi) is 3.27. The molecule has 0 saturated carbocycles. The highest BCUT2D eigenvalue weighted by atomic mass is 32.2. The molecule has 0 aromatic rings. The Bertz CT molecular complexity index is 280. The van der Waals surface area contributed by atoms with E-state index in [1.54, 1.807) is 0 Å². The number of rotatable bonds is 3. The summed E-state index contributed by atoms with van der Waals surface area (Å²) < 4.78 is 23.0. The monoisotopic (exact) mass is 206 g/mol. The molecule has 6 heteroatoms. The predicted molar refractivity (Wildman–Crippen MR) is 49.1 cm³/mol. The maximum Gasteiger partial charge on any atom is 0.234 e. The Morgan fingerprint density at radius 3 is 2.77 bits per heavy atom.